The maximum atomic E-state index is 13.3. The lowest BCUT2D eigenvalue weighted by Gasteiger charge is -2.26. The molecular weight excluding hydrogens is 350 g/mol. The number of nitrogens with one attached hydrogen (secondary N) is 1. The van der Waals surface area contributed by atoms with Crippen molar-refractivity contribution in [3.8, 4) is 0 Å². The number of amides is 1. The van der Waals surface area contributed by atoms with E-state index in [4.69, 9.17) is 4.74 Å². The van der Waals surface area contributed by atoms with Crippen LogP contribution in [0.25, 0.3) is 0 Å². The summed E-state index contributed by atoms with van der Waals surface area (Å²) in [5.74, 6) is -0.658. The van der Waals surface area contributed by atoms with Crippen molar-refractivity contribution >= 4 is 5.91 Å². The first kappa shape index (κ1) is 19.5. The first-order valence-electron chi connectivity index (χ1n) is 9.19. The molecule has 0 unspecified atom stereocenters. The first-order valence-corrected chi connectivity index (χ1v) is 9.19. The Balaban J connectivity index is 1.60. The van der Waals surface area contributed by atoms with Gasteiger partial charge in [-0.1, -0.05) is 24.3 Å². The molecule has 1 fully saturated rings. The van der Waals surface area contributed by atoms with Gasteiger partial charge < -0.3 is 10.1 Å². The van der Waals surface area contributed by atoms with Crippen molar-refractivity contribution in [3.05, 3.63) is 71.3 Å². The van der Waals surface area contributed by atoms with Gasteiger partial charge in [-0.05, 0) is 41.8 Å². The number of nitrogens with zero attached hydrogens (tertiary/aromatic N) is 1. The van der Waals surface area contributed by atoms with E-state index in [2.05, 4.69) is 10.2 Å². The number of carbonyl (C=O) groups excluding carboxylic acids is 1. The van der Waals surface area contributed by atoms with Crippen LogP contribution in [0.1, 0.15) is 23.5 Å². The number of halogens is 2. The zero-order chi connectivity index (χ0) is 19.1. The van der Waals surface area contributed by atoms with Crippen molar-refractivity contribution in [1.82, 2.24) is 10.2 Å². The largest absolute Gasteiger partial charge is 0.379 e. The number of hydrogen-bond acceptors (Lipinski definition) is 3. The van der Waals surface area contributed by atoms with Gasteiger partial charge in [0.25, 0.3) is 0 Å². The zero-order valence-corrected chi connectivity index (χ0v) is 15.2. The highest BCUT2D eigenvalue weighted by molar-refractivity contribution is 5.78. The van der Waals surface area contributed by atoms with Crippen LogP contribution in [0.5, 0.6) is 0 Å². The van der Waals surface area contributed by atoms with Crippen molar-refractivity contribution < 1.29 is 18.3 Å². The van der Waals surface area contributed by atoms with E-state index >= 15 is 0 Å². The fraction of sp³-hybridized carbons (Fsp3) is 0.381. The summed E-state index contributed by atoms with van der Waals surface area (Å²) < 4.78 is 31.8. The maximum Gasteiger partial charge on any atom is 0.234 e. The van der Waals surface area contributed by atoms with Crippen LogP contribution in [0, 0.1) is 11.6 Å². The summed E-state index contributed by atoms with van der Waals surface area (Å²) in [6.07, 6.45) is 0.645. The second-order valence-corrected chi connectivity index (χ2v) is 6.68. The molecule has 0 spiro atoms. The molecule has 1 saturated heterocycles. The van der Waals surface area contributed by atoms with Crippen molar-refractivity contribution in [2.45, 2.75) is 12.3 Å². The average Bonchev–Trinajstić information content (AvgIpc) is 2.68. The smallest absolute Gasteiger partial charge is 0.234 e. The van der Waals surface area contributed by atoms with E-state index in [1.807, 2.05) is 0 Å². The molecule has 0 aliphatic carbocycles. The SMILES string of the molecule is O=C(CN1CCOCC1)NCCC(c1ccc(F)cc1)c1ccc(F)cc1. The average molecular weight is 374 g/mol. The van der Waals surface area contributed by atoms with Crippen LogP contribution in [-0.2, 0) is 9.53 Å². The standard InChI is InChI=1S/C21H24F2N2O2/c22-18-5-1-16(2-6-18)20(17-3-7-19(23)8-4-17)9-10-24-21(26)15-25-11-13-27-14-12-25/h1-8,20H,9-15H2,(H,24,26). The molecule has 4 nitrogen and oxygen atoms in total. The molecule has 1 N–H and O–H groups in total. The highest BCUT2D eigenvalue weighted by Crippen LogP contribution is 2.28. The molecule has 0 aromatic heterocycles. The fourth-order valence-corrected chi connectivity index (χ4v) is 3.29. The summed E-state index contributed by atoms with van der Waals surface area (Å²) in [5.41, 5.74) is 1.87. The summed E-state index contributed by atoms with van der Waals surface area (Å²) in [4.78, 5) is 14.2. The van der Waals surface area contributed by atoms with Crippen LogP contribution in [0.4, 0.5) is 8.78 Å². The van der Waals surface area contributed by atoms with Gasteiger partial charge in [0.05, 0.1) is 19.8 Å². The molecule has 0 radical (unpaired) electrons. The fourth-order valence-electron chi connectivity index (χ4n) is 3.29. The van der Waals surface area contributed by atoms with Crippen LogP contribution in [-0.4, -0.2) is 50.2 Å². The molecule has 27 heavy (non-hydrogen) atoms. The molecule has 0 bridgehead atoms. The van der Waals surface area contributed by atoms with Gasteiger partial charge in [0, 0.05) is 25.6 Å². The Morgan fingerprint density at radius 2 is 1.48 bits per heavy atom. The summed E-state index contributed by atoms with van der Waals surface area (Å²) in [7, 11) is 0. The predicted octanol–water partition coefficient (Wildman–Crippen LogP) is 2.94. The van der Waals surface area contributed by atoms with Crippen molar-refractivity contribution in [1.29, 1.82) is 0 Å². The van der Waals surface area contributed by atoms with Gasteiger partial charge in [-0.3, -0.25) is 9.69 Å². The first-order chi connectivity index (χ1) is 13.1. The zero-order valence-electron chi connectivity index (χ0n) is 15.2. The Labute approximate surface area is 158 Å². The summed E-state index contributed by atoms with van der Waals surface area (Å²) >= 11 is 0. The number of carbonyl (C=O) groups is 1. The van der Waals surface area contributed by atoms with Crippen molar-refractivity contribution in [2.24, 2.45) is 0 Å². The van der Waals surface area contributed by atoms with Gasteiger partial charge in [-0.25, -0.2) is 8.78 Å². The molecule has 0 atom stereocenters. The molecule has 6 heteroatoms. The maximum absolute atomic E-state index is 13.3. The minimum absolute atomic E-state index is 0.0196. The lowest BCUT2D eigenvalue weighted by Crippen LogP contribution is -2.43. The van der Waals surface area contributed by atoms with E-state index in [0.717, 1.165) is 24.2 Å². The predicted molar refractivity (Wildman–Crippen MR) is 99.5 cm³/mol. The topological polar surface area (TPSA) is 41.6 Å². The third kappa shape index (κ3) is 5.84. The molecule has 1 aliphatic heterocycles. The Bertz CT molecular complexity index is 683. The number of hydrogen-bond donors (Lipinski definition) is 1. The van der Waals surface area contributed by atoms with Crippen LogP contribution in [0.15, 0.2) is 48.5 Å². The molecule has 1 heterocycles. The molecule has 144 valence electrons. The van der Waals surface area contributed by atoms with E-state index < -0.39 is 0 Å². The molecular formula is C21H24F2N2O2. The van der Waals surface area contributed by atoms with Crippen LogP contribution < -0.4 is 5.32 Å². The minimum Gasteiger partial charge on any atom is -0.379 e. The lowest BCUT2D eigenvalue weighted by molar-refractivity contribution is -0.123. The Kier molecular flexibility index (Phi) is 6.90. The Hall–Kier alpha value is -2.31. The normalized spacial score (nSPS) is 15.1. The molecule has 2 aromatic rings. The van der Waals surface area contributed by atoms with Gasteiger partial charge in [-0.15, -0.1) is 0 Å². The van der Waals surface area contributed by atoms with Crippen LogP contribution >= 0.6 is 0 Å². The van der Waals surface area contributed by atoms with Gasteiger partial charge in [0.15, 0.2) is 0 Å². The quantitative estimate of drug-likeness (QED) is 0.810. The number of morpholine rings is 1. The third-order valence-electron chi connectivity index (χ3n) is 4.77. The summed E-state index contributed by atoms with van der Waals surface area (Å²) in [5, 5.41) is 2.95. The molecule has 1 aliphatic rings. The van der Waals surface area contributed by atoms with Crippen LogP contribution in [0.2, 0.25) is 0 Å². The van der Waals surface area contributed by atoms with Gasteiger partial charge in [-0.2, -0.15) is 0 Å². The highest BCUT2D eigenvalue weighted by Gasteiger charge is 2.17. The second-order valence-electron chi connectivity index (χ2n) is 6.68. The number of benzene rings is 2. The van der Waals surface area contributed by atoms with Gasteiger partial charge in [0.2, 0.25) is 5.91 Å². The molecule has 0 saturated carbocycles. The van der Waals surface area contributed by atoms with Crippen LogP contribution in [0.3, 0.4) is 0 Å². The van der Waals surface area contributed by atoms with Gasteiger partial charge in [0.1, 0.15) is 11.6 Å². The monoisotopic (exact) mass is 374 g/mol. The van der Waals surface area contributed by atoms with Gasteiger partial charge >= 0.3 is 0 Å². The second kappa shape index (κ2) is 9.58. The van der Waals surface area contributed by atoms with E-state index in [1.165, 1.54) is 24.3 Å². The molecule has 2 aromatic carbocycles. The van der Waals surface area contributed by atoms with Crippen molar-refractivity contribution in [3.63, 3.8) is 0 Å². The Morgan fingerprint density at radius 1 is 0.963 bits per heavy atom. The molecule has 3 rings (SSSR count). The Morgan fingerprint density at radius 3 is 2.00 bits per heavy atom. The number of ether oxygens (including phenoxy) is 1. The molecule has 1 amide bonds. The summed E-state index contributed by atoms with van der Waals surface area (Å²) in [6.45, 7) is 3.70. The lowest BCUT2D eigenvalue weighted by atomic mass is 9.88. The van der Waals surface area contributed by atoms with E-state index in [1.54, 1.807) is 24.3 Å². The van der Waals surface area contributed by atoms with E-state index in [-0.39, 0.29) is 23.5 Å². The van der Waals surface area contributed by atoms with Crippen molar-refractivity contribution in [2.75, 3.05) is 39.4 Å². The highest BCUT2D eigenvalue weighted by atomic mass is 19.1. The van der Waals surface area contributed by atoms with E-state index in [0.29, 0.717) is 32.7 Å². The van der Waals surface area contributed by atoms with E-state index in [9.17, 15) is 13.6 Å². The minimum atomic E-state index is -0.296. The summed E-state index contributed by atoms with van der Waals surface area (Å²) in [6, 6.07) is 12.6. The third-order valence-corrected chi connectivity index (χ3v) is 4.77. The number of rotatable bonds is 7.